The summed E-state index contributed by atoms with van der Waals surface area (Å²) in [6.07, 6.45) is 3.45. The number of pyridine rings is 1. The number of benzene rings is 1. The maximum Gasteiger partial charge on any atom is 0.321 e. The second-order valence-electron chi connectivity index (χ2n) is 8.32. The van der Waals surface area contributed by atoms with Crippen LogP contribution in [0.5, 0.6) is 0 Å². The Bertz CT molecular complexity index is 1030. The second kappa shape index (κ2) is 9.62. The molecule has 0 atom stereocenters. The van der Waals surface area contributed by atoms with E-state index in [1.54, 1.807) is 0 Å². The predicted octanol–water partition coefficient (Wildman–Crippen LogP) is 4.62. The van der Waals surface area contributed by atoms with Crippen LogP contribution < -0.4 is 15.5 Å². The van der Waals surface area contributed by atoms with Crippen molar-refractivity contribution in [2.24, 2.45) is 5.92 Å². The fraction of sp³-hybridized carbons (Fsp3) is 0.435. The number of carbonyl (C=O) groups is 1. The van der Waals surface area contributed by atoms with E-state index < -0.39 is 0 Å². The van der Waals surface area contributed by atoms with Crippen molar-refractivity contribution in [3.8, 4) is 0 Å². The molecule has 31 heavy (non-hydrogen) atoms. The Balaban J connectivity index is 1.33. The molecule has 1 aliphatic heterocycles. The van der Waals surface area contributed by atoms with Gasteiger partial charge < -0.3 is 15.1 Å². The molecule has 7 nitrogen and oxygen atoms in total. The molecule has 1 aromatic carbocycles. The van der Waals surface area contributed by atoms with Crippen LogP contribution in [-0.2, 0) is 0 Å². The first kappa shape index (κ1) is 21.5. The minimum atomic E-state index is -0.205. The number of nitrogens with one attached hydrogen (secondary N) is 2. The molecule has 0 bridgehead atoms. The Kier molecular flexibility index (Phi) is 6.67. The standard InChI is InChI=1S/C23H30N6OS/c1-16-4-6-18(7-5-16)29(3)20-9-8-19-21(26-20)31-23(25-19)27-22(30)24-13-10-17-11-14-28(2)15-12-17/h4-9,17H,10-15H2,1-3H3,(H2,24,25,27,30). The van der Waals surface area contributed by atoms with E-state index in [4.69, 9.17) is 4.98 Å². The van der Waals surface area contributed by atoms with Crippen LogP contribution in [0, 0.1) is 12.8 Å². The fourth-order valence-corrected chi connectivity index (χ4v) is 4.66. The third-order valence-electron chi connectivity index (χ3n) is 5.90. The summed E-state index contributed by atoms with van der Waals surface area (Å²) < 4.78 is 0. The Morgan fingerprint density at radius 2 is 1.90 bits per heavy atom. The van der Waals surface area contributed by atoms with Gasteiger partial charge in [0, 0.05) is 19.3 Å². The van der Waals surface area contributed by atoms with Crippen LogP contribution in [0.1, 0.15) is 24.8 Å². The van der Waals surface area contributed by atoms with Crippen molar-refractivity contribution in [1.29, 1.82) is 0 Å². The van der Waals surface area contributed by atoms with E-state index >= 15 is 0 Å². The van der Waals surface area contributed by atoms with Crippen molar-refractivity contribution in [2.45, 2.75) is 26.2 Å². The fourth-order valence-electron chi connectivity index (χ4n) is 3.83. The number of thiazole rings is 1. The minimum absolute atomic E-state index is 0.205. The summed E-state index contributed by atoms with van der Waals surface area (Å²) in [5, 5.41) is 6.39. The molecule has 0 saturated carbocycles. The molecule has 1 fully saturated rings. The Morgan fingerprint density at radius 1 is 1.16 bits per heavy atom. The molecule has 3 heterocycles. The van der Waals surface area contributed by atoms with Gasteiger partial charge in [0.05, 0.1) is 0 Å². The van der Waals surface area contributed by atoms with E-state index in [9.17, 15) is 4.79 Å². The number of aromatic nitrogens is 2. The van der Waals surface area contributed by atoms with E-state index in [0.29, 0.717) is 17.6 Å². The molecule has 0 unspecified atom stereocenters. The highest BCUT2D eigenvalue weighted by Crippen LogP contribution is 2.29. The van der Waals surface area contributed by atoms with Crippen LogP contribution in [0.2, 0.25) is 0 Å². The lowest BCUT2D eigenvalue weighted by Gasteiger charge is -2.28. The summed E-state index contributed by atoms with van der Waals surface area (Å²) in [6.45, 7) is 5.06. The summed E-state index contributed by atoms with van der Waals surface area (Å²) >= 11 is 1.39. The number of anilines is 3. The highest BCUT2D eigenvalue weighted by atomic mass is 32.1. The largest absolute Gasteiger partial charge is 0.338 e. The highest BCUT2D eigenvalue weighted by Gasteiger charge is 2.17. The molecule has 3 aromatic rings. The highest BCUT2D eigenvalue weighted by molar-refractivity contribution is 7.22. The maximum absolute atomic E-state index is 12.3. The van der Waals surface area contributed by atoms with Gasteiger partial charge in [-0.15, -0.1) is 0 Å². The van der Waals surface area contributed by atoms with Gasteiger partial charge in [0.1, 0.15) is 16.2 Å². The number of fused-ring (bicyclic) bond motifs is 1. The molecule has 0 aliphatic carbocycles. The van der Waals surface area contributed by atoms with Gasteiger partial charge in [-0.2, -0.15) is 0 Å². The van der Waals surface area contributed by atoms with Gasteiger partial charge in [0.2, 0.25) is 0 Å². The van der Waals surface area contributed by atoms with E-state index in [1.807, 2.05) is 24.1 Å². The van der Waals surface area contributed by atoms with Crippen molar-refractivity contribution in [3.05, 3.63) is 42.0 Å². The number of hydrogen-bond acceptors (Lipinski definition) is 6. The number of likely N-dealkylation sites (tertiary alicyclic amines) is 1. The first-order valence-electron chi connectivity index (χ1n) is 10.8. The van der Waals surface area contributed by atoms with Crippen molar-refractivity contribution >= 4 is 44.4 Å². The van der Waals surface area contributed by atoms with Crippen LogP contribution in [0.3, 0.4) is 0 Å². The zero-order valence-electron chi connectivity index (χ0n) is 18.4. The van der Waals surface area contributed by atoms with Gasteiger partial charge >= 0.3 is 6.03 Å². The Hall–Kier alpha value is -2.71. The first-order valence-corrected chi connectivity index (χ1v) is 11.6. The summed E-state index contributed by atoms with van der Waals surface area (Å²) in [6, 6.07) is 12.0. The molecular weight excluding hydrogens is 408 g/mol. The quantitative estimate of drug-likeness (QED) is 0.587. The number of nitrogens with zero attached hydrogens (tertiary/aromatic N) is 4. The number of piperidine rings is 1. The average Bonchev–Trinajstić information content (AvgIpc) is 3.16. The first-order chi connectivity index (χ1) is 15.0. The van der Waals surface area contributed by atoms with Crippen LogP contribution in [0.4, 0.5) is 21.4 Å². The smallest absolute Gasteiger partial charge is 0.321 e. The molecular formula is C23H30N6OS. The number of aryl methyl sites for hydroxylation is 1. The van der Waals surface area contributed by atoms with Crippen LogP contribution >= 0.6 is 11.3 Å². The number of amides is 2. The average molecular weight is 439 g/mol. The normalized spacial score (nSPS) is 15.2. The third kappa shape index (κ3) is 5.51. The van der Waals surface area contributed by atoms with Gasteiger partial charge in [-0.05, 0) is 76.5 Å². The summed E-state index contributed by atoms with van der Waals surface area (Å²) in [7, 11) is 4.16. The van der Waals surface area contributed by atoms with Crippen LogP contribution in [-0.4, -0.2) is 54.6 Å². The van der Waals surface area contributed by atoms with Gasteiger partial charge in [0.15, 0.2) is 5.13 Å². The number of rotatable bonds is 6. The van der Waals surface area contributed by atoms with Gasteiger partial charge in [-0.25, -0.2) is 14.8 Å². The molecule has 2 aromatic heterocycles. The van der Waals surface area contributed by atoms with Crippen molar-refractivity contribution in [3.63, 3.8) is 0 Å². The molecule has 164 valence electrons. The number of urea groups is 1. The molecule has 1 aliphatic rings. The van der Waals surface area contributed by atoms with Crippen LogP contribution in [0.15, 0.2) is 36.4 Å². The lowest BCUT2D eigenvalue weighted by molar-refractivity contribution is 0.211. The van der Waals surface area contributed by atoms with Gasteiger partial charge in [-0.1, -0.05) is 29.0 Å². The Morgan fingerprint density at radius 3 is 2.65 bits per heavy atom. The van der Waals surface area contributed by atoms with Crippen molar-refractivity contribution < 1.29 is 4.79 Å². The summed E-state index contributed by atoms with van der Waals surface area (Å²) in [4.78, 5) is 26.7. The molecule has 4 rings (SSSR count). The zero-order chi connectivity index (χ0) is 21.8. The summed E-state index contributed by atoms with van der Waals surface area (Å²) in [5.74, 6) is 1.54. The van der Waals surface area contributed by atoms with E-state index in [0.717, 1.165) is 41.4 Å². The SMILES string of the molecule is Cc1ccc(N(C)c2ccc3nc(NC(=O)NCCC4CCN(C)CC4)sc3n2)cc1. The maximum atomic E-state index is 12.3. The monoisotopic (exact) mass is 438 g/mol. The van der Waals surface area contributed by atoms with Crippen LogP contribution in [0.25, 0.3) is 10.3 Å². The zero-order valence-corrected chi connectivity index (χ0v) is 19.2. The molecule has 0 radical (unpaired) electrons. The lowest BCUT2D eigenvalue weighted by atomic mass is 9.94. The molecule has 8 heteroatoms. The molecule has 2 N–H and O–H groups in total. The van der Waals surface area contributed by atoms with Gasteiger partial charge in [-0.3, -0.25) is 5.32 Å². The predicted molar refractivity (Wildman–Crippen MR) is 129 cm³/mol. The second-order valence-corrected chi connectivity index (χ2v) is 9.30. The van der Waals surface area contributed by atoms with Crippen molar-refractivity contribution in [2.75, 3.05) is 43.9 Å². The number of carbonyl (C=O) groups excluding carboxylic acids is 1. The third-order valence-corrected chi connectivity index (χ3v) is 6.78. The summed E-state index contributed by atoms with van der Waals surface area (Å²) in [5.41, 5.74) is 3.08. The van der Waals surface area contributed by atoms with E-state index in [2.05, 4.69) is 58.8 Å². The van der Waals surface area contributed by atoms with E-state index in [1.165, 1.54) is 29.7 Å². The topological polar surface area (TPSA) is 73.4 Å². The van der Waals surface area contributed by atoms with E-state index in [-0.39, 0.29) is 6.03 Å². The molecule has 2 amide bonds. The Labute approximate surface area is 187 Å². The van der Waals surface area contributed by atoms with Crippen molar-refractivity contribution in [1.82, 2.24) is 20.2 Å². The minimum Gasteiger partial charge on any atom is -0.338 e. The lowest BCUT2D eigenvalue weighted by Crippen LogP contribution is -2.34. The molecule has 0 spiro atoms. The number of hydrogen-bond donors (Lipinski definition) is 2. The molecule has 1 saturated heterocycles. The van der Waals surface area contributed by atoms with Gasteiger partial charge in [0.25, 0.3) is 0 Å².